The van der Waals surface area contributed by atoms with Crippen molar-refractivity contribution in [2.24, 2.45) is 5.92 Å². The van der Waals surface area contributed by atoms with Crippen molar-refractivity contribution in [2.45, 2.75) is 32.7 Å². The molecule has 1 fully saturated rings. The second-order valence-electron chi connectivity index (χ2n) is 5.90. The van der Waals surface area contributed by atoms with E-state index < -0.39 is 0 Å². The number of rotatable bonds is 5. The summed E-state index contributed by atoms with van der Waals surface area (Å²) in [6.45, 7) is 7.10. The third-order valence-corrected chi connectivity index (χ3v) is 3.57. The number of halogens is 1. The number of hydrogen-bond acceptors (Lipinski definition) is 3. The van der Waals surface area contributed by atoms with Crippen molar-refractivity contribution >= 4 is 5.69 Å². The highest BCUT2D eigenvalue weighted by atomic mass is 19.1. The summed E-state index contributed by atoms with van der Waals surface area (Å²) in [5.41, 5.74) is 1.19. The molecular formula is C16H22FN3. The molecule has 1 saturated heterocycles. The van der Waals surface area contributed by atoms with Crippen LogP contribution in [0.1, 0.15) is 32.3 Å². The van der Waals surface area contributed by atoms with Crippen molar-refractivity contribution in [2.75, 3.05) is 24.5 Å². The Balaban J connectivity index is 2.20. The van der Waals surface area contributed by atoms with Crippen LogP contribution >= 0.6 is 0 Å². The maximum atomic E-state index is 13.6. The van der Waals surface area contributed by atoms with Crippen LogP contribution in [0.3, 0.4) is 0 Å². The highest BCUT2D eigenvalue weighted by Crippen LogP contribution is 2.21. The zero-order chi connectivity index (χ0) is 14.5. The Bertz CT molecular complexity index is 487. The lowest BCUT2D eigenvalue weighted by molar-refractivity contribution is 0.539. The van der Waals surface area contributed by atoms with Gasteiger partial charge in [0, 0.05) is 24.8 Å². The fraction of sp³-hybridized carbons (Fsp3) is 0.562. The van der Waals surface area contributed by atoms with E-state index in [-0.39, 0.29) is 5.82 Å². The quantitative estimate of drug-likeness (QED) is 0.898. The summed E-state index contributed by atoms with van der Waals surface area (Å²) in [5.74, 6) is 0.150. The summed E-state index contributed by atoms with van der Waals surface area (Å²) in [4.78, 5) is 2.19. The second kappa shape index (κ2) is 6.71. The molecule has 1 aromatic rings. The van der Waals surface area contributed by atoms with Gasteiger partial charge in [-0.2, -0.15) is 5.26 Å². The first kappa shape index (κ1) is 14.8. The van der Waals surface area contributed by atoms with Gasteiger partial charge in [0.05, 0.1) is 11.6 Å². The number of nitrogens with zero attached hydrogens (tertiary/aromatic N) is 2. The molecule has 0 amide bonds. The zero-order valence-corrected chi connectivity index (χ0v) is 12.2. The van der Waals surface area contributed by atoms with Gasteiger partial charge in [0.15, 0.2) is 0 Å². The molecule has 0 aromatic heterocycles. The summed E-state index contributed by atoms with van der Waals surface area (Å²) in [6.07, 6.45) is 2.36. The third kappa shape index (κ3) is 3.94. The Morgan fingerprint density at radius 3 is 2.85 bits per heavy atom. The van der Waals surface area contributed by atoms with Gasteiger partial charge < -0.3 is 10.2 Å². The lowest BCUT2D eigenvalue weighted by atomic mass is 10.1. The van der Waals surface area contributed by atoms with Gasteiger partial charge in [-0.25, -0.2) is 4.39 Å². The average molecular weight is 275 g/mol. The Kier molecular flexibility index (Phi) is 4.97. The van der Waals surface area contributed by atoms with Gasteiger partial charge in [-0.1, -0.05) is 13.8 Å². The molecule has 1 atom stereocenters. The Morgan fingerprint density at radius 1 is 1.45 bits per heavy atom. The van der Waals surface area contributed by atoms with Crippen LogP contribution in [-0.4, -0.2) is 25.7 Å². The van der Waals surface area contributed by atoms with E-state index in [1.165, 1.54) is 18.6 Å². The molecule has 3 nitrogen and oxygen atoms in total. The van der Waals surface area contributed by atoms with Crippen molar-refractivity contribution in [3.63, 3.8) is 0 Å². The average Bonchev–Trinajstić information content (AvgIpc) is 2.89. The maximum Gasteiger partial charge on any atom is 0.126 e. The highest BCUT2D eigenvalue weighted by molar-refractivity contribution is 5.52. The van der Waals surface area contributed by atoms with Gasteiger partial charge >= 0.3 is 0 Å². The molecule has 20 heavy (non-hydrogen) atoms. The van der Waals surface area contributed by atoms with Crippen molar-refractivity contribution in [1.29, 1.82) is 5.26 Å². The molecule has 0 radical (unpaired) electrons. The Hall–Kier alpha value is -1.60. The first-order valence-electron chi connectivity index (χ1n) is 7.27. The van der Waals surface area contributed by atoms with Crippen molar-refractivity contribution in [3.05, 3.63) is 29.6 Å². The lowest BCUT2D eigenvalue weighted by Crippen LogP contribution is -2.39. The maximum absolute atomic E-state index is 13.6. The molecule has 108 valence electrons. The molecule has 0 bridgehead atoms. The minimum Gasteiger partial charge on any atom is -0.370 e. The van der Waals surface area contributed by atoms with E-state index >= 15 is 0 Å². The molecule has 2 rings (SSSR count). The van der Waals surface area contributed by atoms with E-state index in [2.05, 4.69) is 24.1 Å². The number of nitrogens with one attached hydrogen (secondary N) is 1. The summed E-state index contributed by atoms with van der Waals surface area (Å²) < 4.78 is 13.6. The van der Waals surface area contributed by atoms with Gasteiger partial charge in [-0.05, 0) is 43.5 Å². The predicted octanol–water partition coefficient (Wildman–Crippen LogP) is 2.91. The van der Waals surface area contributed by atoms with E-state index in [4.69, 9.17) is 5.26 Å². The largest absolute Gasteiger partial charge is 0.370 e. The normalized spacial score (nSPS) is 18.2. The molecule has 0 saturated carbocycles. The topological polar surface area (TPSA) is 39.1 Å². The van der Waals surface area contributed by atoms with Crippen molar-refractivity contribution in [3.8, 4) is 6.07 Å². The molecule has 0 spiro atoms. The van der Waals surface area contributed by atoms with Crippen LogP contribution in [0.4, 0.5) is 10.1 Å². The van der Waals surface area contributed by atoms with E-state index in [0.29, 0.717) is 17.5 Å². The minimum atomic E-state index is -0.341. The Morgan fingerprint density at radius 2 is 2.25 bits per heavy atom. The highest BCUT2D eigenvalue weighted by Gasteiger charge is 2.19. The van der Waals surface area contributed by atoms with Gasteiger partial charge in [-0.15, -0.1) is 0 Å². The molecule has 1 unspecified atom stereocenters. The van der Waals surface area contributed by atoms with E-state index in [9.17, 15) is 4.39 Å². The molecule has 4 heteroatoms. The number of anilines is 1. The number of hydrogen-bond donors (Lipinski definition) is 1. The molecule has 1 aromatic carbocycles. The molecule has 1 aliphatic rings. The molecule has 1 aliphatic heterocycles. The number of benzene rings is 1. The van der Waals surface area contributed by atoms with Crippen LogP contribution in [0.15, 0.2) is 18.2 Å². The van der Waals surface area contributed by atoms with Gasteiger partial charge in [-0.3, -0.25) is 0 Å². The summed E-state index contributed by atoms with van der Waals surface area (Å²) in [5, 5.41) is 12.5. The van der Waals surface area contributed by atoms with Crippen LogP contribution in [-0.2, 0) is 0 Å². The van der Waals surface area contributed by atoms with E-state index in [0.717, 1.165) is 31.7 Å². The van der Waals surface area contributed by atoms with Crippen molar-refractivity contribution < 1.29 is 4.39 Å². The molecule has 1 N–H and O–H groups in total. The predicted molar refractivity (Wildman–Crippen MR) is 79.2 cm³/mol. The number of nitriles is 1. The van der Waals surface area contributed by atoms with Crippen LogP contribution in [0.2, 0.25) is 0 Å². The standard InChI is InChI=1S/C16H22FN3/c1-12(2)10-20(11-15-4-3-5-19-15)16-7-13(9-18)6-14(17)8-16/h6-8,12,15,19H,3-5,10-11H2,1-2H3. The summed E-state index contributed by atoms with van der Waals surface area (Å²) >= 11 is 0. The van der Waals surface area contributed by atoms with E-state index in [1.54, 1.807) is 6.07 Å². The first-order chi connectivity index (χ1) is 9.58. The Labute approximate surface area is 120 Å². The SMILES string of the molecule is CC(C)CN(CC1CCCN1)c1cc(F)cc(C#N)c1. The van der Waals surface area contributed by atoms with Crippen LogP contribution < -0.4 is 10.2 Å². The molecule has 0 aliphatic carbocycles. The third-order valence-electron chi connectivity index (χ3n) is 3.57. The van der Waals surface area contributed by atoms with Crippen molar-refractivity contribution in [1.82, 2.24) is 5.32 Å². The molecule has 1 heterocycles. The van der Waals surface area contributed by atoms with Crippen LogP contribution in [0.25, 0.3) is 0 Å². The van der Waals surface area contributed by atoms with Crippen LogP contribution in [0.5, 0.6) is 0 Å². The fourth-order valence-corrected chi connectivity index (χ4v) is 2.73. The van der Waals surface area contributed by atoms with E-state index in [1.807, 2.05) is 6.07 Å². The summed E-state index contributed by atoms with van der Waals surface area (Å²) in [7, 11) is 0. The van der Waals surface area contributed by atoms with Gasteiger partial charge in [0.1, 0.15) is 5.82 Å². The first-order valence-corrected chi connectivity index (χ1v) is 7.27. The fourth-order valence-electron chi connectivity index (χ4n) is 2.73. The monoisotopic (exact) mass is 275 g/mol. The zero-order valence-electron chi connectivity index (χ0n) is 12.2. The lowest BCUT2D eigenvalue weighted by Gasteiger charge is -2.29. The molecular weight excluding hydrogens is 253 g/mol. The smallest absolute Gasteiger partial charge is 0.126 e. The second-order valence-corrected chi connectivity index (χ2v) is 5.90. The van der Waals surface area contributed by atoms with Gasteiger partial charge in [0.25, 0.3) is 0 Å². The minimum absolute atomic E-state index is 0.341. The summed E-state index contributed by atoms with van der Waals surface area (Å²) in [6, 6.07) is 7.08. The van der Waals surface area contributed by atoms with Gasteiger partial charge in [0.2, 0.25) is 0 Å². The van der Waals surface area contributed by atoms with Crippen LogP contribution in [0, 0.1) is 23.1 Å².